The van der Waals surface area contributed by atoms with Gasteiger partial charge in [-0.1, -0.05) is 26.0 Å². The third kappa shape index (κ3) is 5.57. The van der Waals surface area contributed by atoms with Crippen LogP contribution in [0.15, 0.2) is 71.6 Å². The molecule has 4 rings (SSSR count). The van der Waals surface area contributed by atoms with Gasteiger partial charge in [0.15, 0.2) is 0 Å². The minimum Gasteiger partial charge on any atom is -0.478 e. The molecule has 1 heterocycles. The number of rotatable bonds is 7. The van der Waals surface area contributed by atoms with Crippen molar-refractivity contribution >= 4 is 33.1 Å². The van der Waals surface area contributed by atoms with E-state index in [4.69, 9.17) is 0 Å². The average molecular weight is 498 g/mol. The standard InChI is InChI=1S/C26H28FN3O4S/c1-18(2)19-3-10-23(11-4-19)35(33,34)28-21-7-12-25(24(17-21)26(31)32)30-15-13-29(14-16-30)22-8-5-20(27)6-9-22/h3-12,17-18,28H,13-16H2,1-2H3,(H,31,32). The molecule has 0 bridgehead atoms. The van der Waals surface area contributed by atoms with Gasteiger partial charge in [-0.2, -0.15) is 0 Å². The molecule has 0 spiro atoms. The molecule has 184 valence electrons. The third-order valence-corrected chi connectivity index (χ3v) is 7.55. The van der Waals surface area contributed by atoms with Gasteiger partial charge in [0.2, 0.25) is 0 Å². The molecular weight excluding hydrogens is 469 g/mol. The molecule has 1 saturated heterocycles. The van der Waals surface area contributed by atoms with Gasteiger partial charge in [0.1, 0.15) is 5.82 Å². The Morgan fingerprint density at radius 1 is 0.914 bits per heavy atom. The lowest BCUT2D eigenvalue weighted by molar-refractivity contribution is 0.0697. The van der Waals surface area contributed by atoms with Crippen LogP contribution in [0.4, 0.5) is 21.5 Å². The van der Waals surface area contributed by atoms with Gasteiger partial charge in [-0.25, -0.2) is 17.6 Å². The van der Waals surface area contributed by atoms with Crippen LogP contribution in [-0.4, -0.2) is 45.7 Å². The van der Waals surface area contributed by atoms with E-state index in [9.17, 15) is 22.7 Å². The van der Waals surface area contributed by atoms with E-state index in [0.717, 1.165) is 11.3 Å². The largest absolute Gasteiger partial charge is 0.478 e. The lowest BCUT2D eigenvalue weighted by Gasteiger charge is -2.38. The Morgan fingerprint density at radius 2 is 1.51 bits per heavy atom. The Kier molecular flexibility index (Phi) is 6.98. The van der Waals surface area contributed by atoms with Crippen LogP contribution in [0.25, 0.3) is 0 Å². The van der Waals surface area contributed by atoms with Crippen molar-refractivity contribution in [2.75, 3.05) is 40.7 Å². The molecule has 3 aromatic carbocycles. The van der Waals surface area contributed by atoms with E-state index in [1.165, 1.54) is 18.2 Å². The number of hydrogen-bond donors (Lipinski definition) is 2. The second-order valence-electron chi connectivity index (χ2n) is 8.82. The SMILES string of the molecule is CC(C)c1ccc(S(=O)(=O)Nc2ccc(N3CCN(c4ccc(F)cc4)CC3)c(C(=O)O)c2)cc1. The number of carboxylic acid groups (broad SMARTS) is 1. The van der Waals surface area contributed by atoms with Gasteiger partial charge in [-0.3, -0.25) is 4.72 Å². The number of carboxylic acids is 1. The second kappa shape index (κ2) is 9.95. The highest BCUT2D eigenvalue weighted by Gasteiger charge is 2.23. The van der Waals surface area contributed by atoms with Crippen LogP contribution in [-0.2, 0) is 10.0 Å². The molecule has 35 heavy (non-hydrogen) atoms. The van der Waals surface area contributed by atoms with Crippen LogP contribution in [0.5, 0.6) is 0 Å². The monoisotopic (exact) mass is 497 g/mol. The van der Waals surface area contributed by atoms with E-state index in [2.05, 4.69) is 9.62 Å². The van der Waals surface area contributed by atoms with E-state index >= 15 is 0 Å². The van der Waals surface area contributed by atoms with E-state index in [-0.39, 0.29) is 27.9 Å². The molecule has 1 fully saturated rings. The Balaban J connectivity index is 1.50. The van der Waals surface area contributed by atoms with Gasteiger partial charge >= 0.3 is 5.97 Å². The van der Waals surface area contributed by atoms with E-state index in [1.54, 1.807) is 48.5 Å². The fourth-order valence-corrected chi connectivity index (χ4v) is 5.20. The third-order valence-electron chi connectivity index (χ3n) is 6.15. The fourth-order valence-electron chi connectivity index (χ4n) is 4.15. The van der Waals surface area contributed by atoms with Crippen molar-refractivity contribution in [2.45, 2.75) is 24.7 Å². The second-order valence-corrected chi connectivity index (χ2v) is 10.5. The van der Waals surface area contributed by atoms with Crippen LogP contribution >= 0.6 is 0 Å². The number of carbonyl (C=O) groups is 1. The Morgan fingerprint density at radius 3 is 2.09 bits per heavy atom. The minimum atomic E-state index is -3.87. The number of nitrogens with one attached hydrogen (secondary N) is 1. The highest BCUT2D eigenvalue weighted by Crippen LogP contribution is 2.28. The van der Waals surface area contributed by atoms with Crippen LogP contribution in [0, 0.1) is 5.82 Å². The van der Waals surface area contributed by atoms with Crippen molar-refractivity contribution < 1.29 is 22.7 Å². The molecule has 0 atom stereocenters. The molecule has 1 aliphatic rings. The molecule has 0 amide bonds. The number of anilines is 3. The lowest BCUT2D eigenvalue weighted by atomic mass is 10.0. The number of sulfonamides is 1. The normalized spacial score (nSPS) is 14.3. The molecule has 0 saturated carbocycles. The van der Waals surface area contributed by atoms with E-state index in [0.29, 0.717) is 31.9 Å². The number of halogens is 1. The topological polar surface area (TPSA) is 90.0 Å². The summed E-state index contributed by atoms with van der Waals surface area (Å²) < 4.78 is 41.4. The molecule has 9 heteroatoms. The molecule has 0 radical (unpaired) electrons. The maximum Gasteiger partial charge on any atom is 0.337 e. The summed E-state index contributed by atoms with van der Waals surface area (Å²) in [6, 6.07) is 17.5. The molecule has 0 aromatic heterocycles. The summed E-state index contributed by atoms with van der Waals surface area (Å²) in [5.74, 6) is -1.15. The first-order valence-electron chi connectivity index (χ1n) is 11.4. The molecule has 0 unspecified atom stereocenters. The molecule has 3 aromatic rings. The van der Waals surface area contributed by atoms with Crippen molar-refractivity contribution in [3.05, 3.63) is 83.7 Å². The summed E-state index contributed by atoms with van der Waals surface area (Å²) in [5.41, 5.74) is 2.68. The highest BCUT2D eigenvalue weighted by molar-refractivity contribution is 7.92. The van der Waals surface area contributed by atoms with E-state index < -0.39 is 16.0 Å². The zero-order chi connectivity index (χ0) is 25.2. The molecular formula is C26H28FN3O4S. The molecule has 7 nitrogen and oxygen atoms in total. The zero-order valence-corrected chi connectivity index (χ0v) is 20.4. The predicted octanol–water partition coefficient (Wildman–Crippen LogP) is 4.77. The summed E-state index contributed by atoms with van der Waals surface area (Å²) in [7, 11) is -3.87. The summed E-state index contributed by atoms with van der Waals surface area (Å²) in [6.45, 7) is 6.49. The quantitative estimate of drug-likeness (QED) is 0.489. The van der Waals surface area contributed by atoms with E-state index in [1.807, 2.05) is 18.7 Å². The van der Waals surface area contributed by atoms with Crippen molar-refractivity contribution in [1.82, 2.24) is 0 Å². The summed E-state index contributed by atoms with van der Waals surface area (Å²) >= 11 is 0. The first-order valence-corrected chi connectivity index (χ1v) is 12.9. The molecule has 0 aliphatic carbocycles. The average Bonchev–Trinajstić information content (AvgIpc) is 2.84. The fraction of sp³-hybridized carbons (Fsp3) is 0.269. The van der Waals surface area contributed by atoms with Crippen molar-refractivity contribution in [3.63, 3.8) is 0 Å². The van der Waals surface area contributed by atoms with Crippen molar-refractivity contribution in [1.29, 1.82) is 0 Å². The number of hydrogen-bond acceptors (Lipinski definition) is 5. The van der Waals surface area contributed by atoms with Gasteiger partial charge in [-0.15, -0.1) is 0 Å². The van der Waals surface area contributed by atoms with Crippen molar-refractivity contribution in [3.8, 4) is 0 Å². The number of nitrogens with zero attached hydrogens (tertiary/aromatic N) is 2. The number of aromatic carboxylic acids is 1. The summed E-state index contributed by atoms with van der Waals surface area (Å²) in [4.78, 5) is 16.2. The lowest BCUT2D eigenvalue weighted by Crippen LogP contribution is -2.47. The maximum absolute atomic E-state index is 13.2. The van der Waals surface area contributed by atoms with Crippen molar-refractivity contribution in [2.24, 2.45) is 0 Å². The molecule has 2 N–H and O–H groups in total. The zero-order valence-electron chi connectivity index (χ0n) is 19.6. The van der Waals surface area contributed by atoms with Crippen LogP contribution < -0.4 is 14.5 Å². The maximum atomic E-state index is 13.2. The van der Waals surface area contributed by atoms with Gasteiger partial charge in [0.25, 0.3) is 10.0 Å². The minimum absolute atomic E-state index is 0.0237. The number of piperazine rings is 1. The van der Waals surface area contributed by atoms with Gasteiger partial charge in [0, 0.05) is 37.6 Å². The first-order chi connectivity index (χ1) is 16.6. The van der Waals surface area contributed by atoms with Gasteiger partial charge in [-0.05, 0) is 66.1 Å². The predicted molar refractivity (Wildman–Crippen MR) is 136 cm³/mol. The Hall–Kier alpha value is -3.59. The summed E-state index contributed by atoms with van der Waals surface area (Å²) in [5, 5.41) is 9.82. The summed E-state index contributed by atoms with van der Waals surface area (Å²) in [6.07, 6.45) is 0. The Labute approximate surface area is 204 Å². The Bertz CT molecular complexity index is 1300. The van der Waals surface area contributed by atoms with Crippen LogP contribution in [0.1, 0.15) is 35.7 Å². The van der Waals surface area contributed by atoms with Gasteiger partial charge in [0.05, 0.1) is 16.1 Å². The molecule has 1 aliphatic heterocycles. The number of benzene rings is 3. The highest BCUT2D eigenvalue weighted by atomic mass is 32.2. The first kappa shape index (κ1) is 24.5. The van der Waals surface area contributed by atoms with Gasteiger partial charge < -0.3 is 14.9 Å². The van der Waals surface area contributed by atoms with Crippen LogP contribution in [0.3, 0.4) is 0 Å². The smallest absolute Gasteiger partial charge is 0.337 e. The van der Waals surface area contributed by atoms with Crippen LogP contribution in [0.2, 0.25) is 0 Å².